The average Bonchev–Trinajstić information content (AvgIpc) is 3.14. The monoisotopic (exact) mass is 353 g/mol. The molecule has 1 heterocycles. The maximum absolute atomic E-state index is 12.9. The molecule has 132 valence electrons. The molecule has 0 unspecified atom stereocenters. The first-order valence-electron chi connectivity index (χ1n) is 7.93. The highest BCUT2D eigenvalue weighted by Gasteiger charge is 2.10. The molecule has 1 aromatic heterocycles. The van der Waals surface area contributed by atoms with E-state index in [0.29, 0.717) is 22.6 Å². The van der Waals surface area contributed by atoms with Crippen molar-refractivity contribution in [3.8, 4) is 11.3 Å². The van der Waals surface area contributed by atoms with Crippen LogP contribution >= 0.6 is 0 Å². The lowest BCUT2D eigenvalue weighted by molar-refractivity contribution is -0.120. The van der Waals surface area contributed by atoms with Gasteiger partial charge in [-0.25, -0.2) is 4.39 Å². The highest BCUT2D eigenvalue weighted by atomic mass is 19.1. The zero-order valence-corrected chi connectivity index (χ0v) is 13.7. The normalized spacial score (nSPS) is 10.3. The van der Waals surface area contributed by atoms with Crippen molar-refractivity contribution in [3.05, 3.63) is 77.7 Å². The minimum absolute atomic E-state index is 0.142. The second-order valence-corrected chi connectivity index (χ2v) is 5.51. The first-order chi connectivity index (χ1) is 12.6. The number of benzene rings is 2. The van der Waals surface area contributed by atoms with Crippen LogP contribution in [0.4, 0.5) is 4.39 Å². The number of halogens is 1. The number of aromatic nitrogens is 1. The Kier molecular flexibility index (Phi) is 5.38. The van der Waals surface area contributed by atoms with E-state index in [1.807, 2.05) is 6.07 Å². The molecule has 0 aliphatic heterocycles. The molecule has 0 radical (unpaired) electrons. The topological polar surface area (TPSA) is 84.2 Å². The summed E-state index contributed by atoms with van der Waals surface area (Å²) in [6, 6.07) is 16.1. The SMILES string of the molecule is O=C(CNC(=O)c1ccccc1)NCc1cc(-c2ccc(F)cc2)on1. The van der Waals surface area contributed by atoms with Gasteiger partial charge in [-0.15, -0.1) is 0 Å². The van der Waals surface area contributed by atoms with E-state index in [-0.39, 0.29) is 30.7 Å². The number of carbonyl (C=O) groups is 2. The van der Waals surface area contributed by atoms with Gasteiger partial charge in [-0.2, -0.15) is 0 Å². The molecule has 2 amide bonds. The van der Waals surface area contributed by atoms with Crippen molar-refractivity contribution in [2.45, 2.75) is 6.54 Å². The molecule has 0 saturated heterocycles. The molecule has 0 aliphatic rings. The Bertz CT molecular complexity index is 892. The molecule has 3 rings (SSSR count). The zero-order chi connectivity index (χ0) is 18.4. The lowest BCUT2D eigenvalue weighted by Crippen LogP contribution is -2.36. The third kappa shape index (κ3) is 4.54. The van der Waals surface area contributed by atoms with Gasteiger partial charge in [-0.1, -0.05) is 23.4 Å². The van der Waals surface area contributed by atoms with Gasteiger partial charge in [-0.3, -0.25) is 9.59 Å². The molecule has 3 aromatic rings. The van der Waals surface area contributed by atoms with Crippen LogP contribution in [-0.4, -0.2) is 23.5 Å². The summed E-state index contributed by atoms with van der Waals surface area (Å²) in [5.41, 5.74) is 1.69. The van der Waals surface area contributed by atoms with E-state index in [0.717, 1.165) is 0 Å². The molecule has 0 aliphatic carbocycles. The van der Waals surface area contributed by atoms with Crippen LogP contribution in [0, 0.1) is 5.82 Å². The summed E-state index contributed by atoms with van der Waals surface area (Å²) in [5, 5.41) is 9.04. The molecule has 6 nitrogen and oxygen atoms in total. The van der Waals surface area contributed by atoms with Crippen LogP contribution in [0.25, 0.3) is 11.3 Å². The van der Waals surface area contributed by atoms with Crippen LogP contribution in [0.3, 0.4) is 0 Å². The van der Waals surface area contributed by atoms with E-state index >= 15 is 0 Å². The van der Waals surface area contributed by atoms with Crippen molar-refractivity contribution in [1.29, 1.82) is 0 Å². The molecule has 0 bridgehead atoms. The minimum Gasteiger partial charge on any atom is -0.356 e. The van der Waals surface area contributed by atoms with Gasteiger partial charge in [0, 0.05) is 17.2 Å². The van der Waals surface area contributed by atoms with Crippen molar-refractivity contribution in [2.75, 3.05) is 6.54 Å². The van der Waals surface area contributed by atoms with Gasteiger partial charge < -0.3 is 15.2 Å². The summed E-state index contributed by atoms with van der Waals surface area (Å²) in [6.07, 6.45) is 0. The number of hydrogen-bond acceptors (Lipinski definition) is 4. The summed E-state index contributed by atoms with van der Waals surface area (Å²) in [5.74, 6) is -0.522. The number of nitrogens with zero attached hydrogens (tertiary/aromatic N) is 1. The van der Waals surface area contributed by atoms with Crippen LogP contribution in [0.5, 0.6) is 0 Å². The van der Waals surface area contributed by atoms with Crippen LogP contribution in [0.2, 0.25) is 0 Å². The van der Waals surface area contributed by atoms with Crippen LogP contribution < -0.4 is 10.6 Å². The number of rotatable bonds is 6. The molecule has 7 heteroatoms. The zero-order valence-electron chi connectivity index (χ0n) is 13.7. The summed E-state index contributed by atoms with van der Waals surface area (Å²) in [7, 11) is 0. The van der Waals surface area contributed by atoms with E-state index in [2.05, 4.69) is 15.8 Å². The average molecular weight is 353 g/mol. The Hall–Kier alpha value is -3.48. The lowest BCUT2D eigenvalue weighted by atomic mass is 10.1. The van der Waals surface area contributed by atoms with Crippen molar-refractivity contribution < 1.29 is 18.5 Å². The van der Waals surface area contributed by atoms with E-state index < -0.39 is 0 Å². The molecular formula is C19H16FN3O3. The number of nitrogens with one attached hydrogen (secondary N) is 2. The van der Waals surface area contributed by atoms with Gasteiger partial charge in [0.2, 0.25) is 5.91 Å². The summed E-state index contributed by atoms with van der Waals surface area (Å²) < 4.78 is 18.1. The number of amides is 2. The summed E-state index contributed by atoms with van der Waals surface area (Å²) >= 11 is 0. The van der Waals surface area contributed by atoms with Gasteiger partial charge in [0.25, 0.3) is 5.91 Å². The molecular weight excluding hydrogens is 337 g/mol. The molecule has 0 saturated carbocycles. The lowest BCUT2D eigenvalue weighted by Gasteiger charge is -2.05. The van der Waals surface area contributed by atoms with Crippen LogP contribution in [-0.2, 0) is 11.3 Å². The predicted molar refractivity (Wildman–Crippen MR) is 92.5 cm³/mol. The van der Waals surface area contributed by atoms with Gasteiger partial charge in [0.1, 0.15) is 11.5 Å². The Morgan fingerprint density at radius 1 is 1.00 bits per heavy atom. The fourth-order valence-electron chi connectivity index (χ4n) is 2.25. The van der Waals surface area contributed by atoms with Crippen molar-refractivity contribution in [1.82, 2.24) is 15.8 Å². The van der Waals surface area contributed by atoms with Crippen LogP contribution in [0.15, 0.2) is 65.2 Å². The third-order valence-corrected chi connectivity index (χ3v) is 3.60. The molecule has 0 spiro atoms. The maximum Gasteiger partial charge on any atom is 0.251 e. The van der Waals surface area contributed by atoms with Crippen LogP contribution in [0.1, 0.15) is 16.1 Å². The van der Waals surface area contributed by atoms with Gasteiger partial charge >= 0.3 is 0 Å². The second kappa shape index (κ2) is 8.06. The number of carbonyl (C=O) groups excluding carboxylic acids is 2. The Morgan fingerprint density at radius 3 is 2.46 bits per heavy atom. The standard InChI is InChI=1S/C19H16FN3O3/c20-15-8-6-13(7-9-15)17-10-16(23-26-17)11-21-18(24)12-22-19(25)14-4-2-1-3-5-14/h1-10H,11-12H2,(H,21,24)(H,22,25). The molecule has 2 N–H and O–H groups in total. The third-order valence-electron chi connectivity index (χ3n) is 3.60. The summed E-state index contributed by atoms with van der Waals surface area (Å²) in [6.45, 7) is 0.0150. The number of hydrogen-bond donors (Lipinski definition) is 2. The highest BCUT2D eigenvalue weighted by molar-refractivity contribution is 5.96. The molecule has 0 atom stereocenters. The first-order valence-corrected chi connectivity index (χ1v) is 7.93. The first kappa shape index (κ1) is 17.3. The molecule has 2 aromatic carbocycles. The van der Waals surface area contributed by atoms with Crippen molar-refractivity contribution >= 4 is 11.8 Å². The van der Waals surface area contributed by atoms with E-state index in [1.165, 1.54) is 12.1 Å². The Morgan fingerprint density at radius 2 is 1.73 bits per heavy atom. The van der Waals surface area contributed by atoms with E-state index in [4.69, 9.17) is 4.52 Å². The molecule has 0 fully saturated rings. The summed E-state index contributed by atoms with van der Waals surface area (Å²) in [4.78, 5) is 23.7. The Balaban J connectivity index is 1.47. The fraction of sp³-hybridized carbons (Fsp3) is 0.105. The fourth-order valence-corrected chi connectivity index (χ4v) is 2.25. The largest absolute Gasteiger partial charge is 0.356 e. The van der Waals surface area contributed by atoms with E-state index in [1.54, 1.807) is 42.5 Å². The Labute approximate surface area is 149 Å². The predicted octanol–water partition coefficient (Wildman–Crippen LogP) is 2.53. The van der Waals surface area contributed by atoms with Crippen molar-refractivity contribution in [2.24, 2.45) is 0 Å². The van der Waals surface area contributed by atoms with Gasteiger partial charge in [-0.05, 0) is 36.4 Å². The van der Waals surface area contributed by atoms with Gasteiger partial charge in [0.05, 0.1) is 13.1 Å². The highest BCUT2D eigenvalue weighted by Crippen LogP contribution is 2.20. The molecule has 26 heavy (non-hydrogen) atoms. The van der Waals surface area contributed by atoms with Gasteiger partial charge in [0.15, 0.2) is 5.76 Å². The quantitative estimate of drug-likeness (QED) is 0.713. The van der Waals surface area contributed by atoms with E-state index in [9.17, 15) is 14.0 Å². The maximum atomic E-state index is 12.9. The minimum atomic E-state index is -0.347. The van der Waals surface area contributed by atoms with Crippen molar-refractivity contribution in [3.63, 3.8) is 0 Å². The smallest absolute Gasteiger partial charge is 0.251 e. The second-order valence-electron chi connectivity index (χ2n) is 5.51.